The molecule has 74 valence electrons. The summed E-state index contributed by atoms with van der Waals surface area (Å²) in [7, 11) is 1.66. The Morgan fingerprint density at radius 2 is 2.14 bits per heavy atom. The van der Waals surface area contributed by atoms with Crippen LogP contribution in [0.25, 0.3) is 6.08 Å². The van der Waals surface area contributed by atoms with Gasteiger partial charge >= 0.3 is 0 Å². The number of hydrogen-bond donors (Lipinski definition) is 0. The molecule has 0 saturated carbocycles. The van der Waals surface area contributed by atoms with Gasteiger partial charge in [0.25, 0.3) is 0 Å². The maximum Gasteiger partial charge on any atom is 0.0784 e. The SMILES string of the molecule is C=Cc1ccccc1CC/C=C/OC. The van der Waals surface area contributed by atoms with Gasteiger partial charge in [-0.15, -0.1) is 0 Å². The Kier molecular flexibility index (Phi) is 4.56. The van der Waals surface area contributed by atoms with Gasteiger partial charge in [-0.3, -0.25) is 0 Å². The molecule has 1 aromatic carbocycles. The topological polar surface area (TPSA) is 9.23 Å². The van der Waals surface area contributed by atoms with E-state index in [4.69, 9.17) is 4.74 Å². The summed E-state index contributed by atoms with van der Waals surface area (Å²) < 4.78 is 4.84. The molecular weight excluding hydrogens is 172 g/mol. The van der Waals surface area contributed by atoms with E-state index in [0.717, 1.165) is 12.8 Å². The van der Waals surface area contributed by atoms with Gasteiger partial charge in [0.2, 0.25) is 0 Å². The quantitative estimate of drug-likeness (QED) is 0.643. The number of methoxy groups -OCH3 is 1. The molecule has 0 spiro atoms. The van der Waals surface area contributed by atoms with Crippen LogP contribution in [0, 0.1) is 0 Å². The van der Waals surface area contributed by atoms with E-state index in [2.05, 4.69) is 24.8 Å². The Morgan fingerprint density at radius 1 is 1.36 bits per heavy atom. The largest absolute Gasteiger partial charge is 0.505 e. The molecule has 0 aliphatic heterocycles. The summed E-state index contributed by atoms with van der Waals surface area (Å²) in [4.78, 5) is 0. The number of hydrogen-bond acceptors (Lipinski definition) is 1. The molecular formula is C13H16O. The fraction of sp³-hybridized carbons (Fsp3) is 0.231. The number of ether oxygens (including phenoxy) is 1. The van der Waals surface area contributed by atoms with Crippen LogP contribution < -0.4 is 0 Å². The summed E-state index contributed by atoms with van der Waals surface area (Å²) in [5, 5.41) is 0. The Labute approximate surface area is 85.7 Å². The molecule has 0 saturated heterocycles. The zero-order valence-electron chi connectivity index (χ0n) is 8.57. The van der Waals surface area contributed by atoms with Crippen molar-refractivity contribution in [2.24, 2.45) is 0 Å². The van der Waals surface area contributed by atoms with Crippen LogP contribution in [0.3, 0.4) is 0 Å². The zero-order chi connectivity index (χ0) is 10.2. The molecule has 1 aromatic rings. The minimum Gasteiger partial charge on any atom is -0.505 e. The Balaban J connectivity index is 2.57. The predicted octanol–water partition coefficient (Wildman–Crippen LogP) is 3.42. The molecule has 0 radical (unpaired) electrons. The van der Waals surface area contributed by atoms with Crippen molar-refractivity contribution in [3.8, 4) is 0 Å². The first-order chi connectivity index (χ1) is 6.88. The molecule has 0 aliphatic carbocycles. The lowest BCUT2D eigenvalue weighted by Crippen LogP contribution is -1.87. The molecule has 0 aromatic heterocycles. The first kappa shape index (κ1) is 10.6. The summed E-state index contributed by atoms with van der Waals surface area (Å²) in [5.41, 5.74) is 2.56. The monoisotopic (exact) mass is 188 g/mol. The smallest absolute Gasteiger partial charge is 0.0784 e. The summed E-state index contributed by atoms with van der Waals surface area (Å²) in [6, 6.07) is 8.31. The second-order valence-electron chi connectivity index (χ2n) is 3.05. The van der Waals surface area contributed by atoms with Crippen molar-refractivity contribution in [2.75, 3.05) is 7.11 Å². The second kappa shape index (κ2) is 6.03. The van der Waals surface area contributed by atoms with Gasteiger partial charge in [0.1, 0.15) is 0 Å². The lowest BCUT2D eigenvalue weighted by molar-refractivity contribution is 0.336. The van der Waals surface area contributed by atoms with Gasteiger partial charge in [0, 0.05) is 0 Å². The summed E-state index contributed by atoms with van der Waals surface area (Å²) in [6.45, 7) is 3.79. The first-order valence-corrected chi connectivity index (χ1v) is 4.76. The van der Waals surface area contributed by atoms with Crippen LogP contribution in [0.2, 0.25) is 0 Å². The first-order valence-electron chi connectivity index (χ1n) is 4.76. The number of allylic oxidation sites excluding steroid dienone is 1. The molecule has 0 N–H and O–H groups in total. The van der Waals surface area contributed by atoms with Gasteiger partial charge in [-0.05, 0) is 30.0 Å². The van der Waals surface area contributed by atoms with Crippen LogP contribution in [-0.4, -0.2) is 7.11 Å². The van der Waals surface area contributed by atoms with E-state index < -0.39 is 0 Å². The lowest BCUT2D eigenvalue weighted by Gasteiger charge is -2.02. The average molecular weight is 188 g/mol. The van der Waals surface area contributed by atoms with Crippen molar-refractivity contribution < 1.29 is 4.74 Å². The number of aryl methyl sites for hydroxylation is 1. The van der Waals surface area contributed by atoms with Crippen molar-refractivity contribution in [1.29, 1.82) is 0 Å². The molecule has 0 aliphatic rings. The standard InChI is InChI=1S/C13H16O/c1-3-12-8-4-5-9-13(12)10-6-7-11-14-2/h3-5,7-9,11H,1,6,10H2,2H3/b11-7+. The summed E-state index contributed by atoms with van der Waals surface area (Å²) >= 11 is 0. The molecule has 0 amide bonds. The van der Waals surface area contributed by atoms with Crippen LogP contribution in [0.15, 0.2) is 43.2 Å². The van der Waals surface area contributed by atoms with Gasteiger partial charge in [-0.1, -0.05) is 36.9 Å². The molecule has 1 nitrogen and oxygen atoms in total. The van der Waals surface area contributed by atoms with E-state index in [-0.39, 0.29) is 0 Å². The molecule has 1 rings (SSSR count). The van der Waals surface area contributed by atoms with E-state index in [0.29, 0.717) is 0 Å². The van der Waals surface area contributed by atoms with Crippen LogP contribution >= 0.6 is 0 Å². The number of rotatable bonds is 5. The van der Waals surface area contributed by atoms with Crippen molar-refractivity contribution in [3.63, 3.8) is 0 Å². The Hall–Kier alpha value is -1.50. The molecule has 14 heavy (non-hydrogen) atoms. The molecule has 0 bridgehead atoms. The lowest BCUT2D eigenvalue weighted by atomic mass is 10.0. The van der Waals surface area contributed by atoms with Gasteiger partial charge in [0.05, 0.1) is 13.4 Å². The summed E-state index contributed by atoms with van der Waals surface area (Å²) in [6.07, 6.45) is 7.67. The van der Waals surface area contributed by atoms with Crippen molar-refractivity contribution in [1.82, 2.24) is 0 Å². The second-order valence-corrected chi connectivity index (χ2v) is 3.05. The van der Waals surface area contributed by atoms with E-state index in [9.17, 15) is 0 Å². The van der Waals surface area contributed by atoms with E-state index >= 15 is 0 Å². The molecule has 0 fully saturated rings. The predicted molar refractivity (Wildman–Crippen MR) is 61.0 cm³/mol. The van der Waals surface area contributed by atoms with E-state index in [1.54, 1.807) is 13.4 Å². The third kappa shape index (κ3) is 3.09. The van der Waals surface area contributed by atoms with Crippen LogP contribution in [0.4, 0.5) is 0 Å². The van der Waals surface area contributed by atoms with Crippen LogP contribution in [0.5, 0.6) is 0 Å². The average Bonchev–Trinajstić information content (AvgIpc) is 2.25. The van der Waals surface area contributed by atoms with Crippen molar-refractivity contribution >= 4 is 6.08 Å². The van der Waals surface area contributed by atoms with Gasteiger partial charge < -0.3 is 4.74 Å². The fourth-order valence-corrected chi connectivity index (χ4v) is 1.36. The molecule has 0 heterocycles. The molecule has 0 unspecified atom stereocenters. The van der Waals surface area contributed by atoms with Crippen LogP contribution in [0.1, 0.15) is 17.5 Å². The van der Waals surface area contributed by atoms with E-state index in [1.165, 1.54) is 11.1 Å². The van der Waals surface area contributed by atoms with Gasteiger partial charge in [0.15, 0.2) is 0 Å². The number of benzene rings is 1. The fourth-order valence-electron chi connectivity index (χ4n) is 1.36. The Morgan fingerprint density at radius 3 is 2.86 bits per heavy atom. The highest BCUT2D eigenvalue weighted by Gasteiger charge is 1.95. The third-order valence-electron chi connectivity index (χ3n) is 2.09. The minimum atomic E-state index is 0.999. The zero-order valence-corrected chi connectivity index (χ0v) is 8.57. The maximum absolute atomic E-state index is 4.84. The summed E-state index contributed by atoms with van der Waals surface area (Å²) in [5.74, 6) is 0. The highest BCUT2D eigenvalue weighted by Crippen LogP contribution is 2.12. The molecule has 0 atom stereocenters. The highest BCUT2D eigenvalue weighted by molar-refractivity contribution is 5.51. The third-order valence-corrected chi connectivity index (χ3v) is 2.09. The normalized spacial score (nSPS) is 10.4. The van der Waals surface area contributed by atoms with Gasteiger partial charge in [-0.25, -0.2) is 0 Å². The molecule has 1 heteroatoms. The Bertz CT molecular complexity index is 313. The highest BCUT2D eigenvalue weighted by atomic mass is 16.5. The van der Waals surface area contributed by atoms with Crippen molar-refractivity contribution in [2.45, 2.75) is 12.8 Å². The van der Waals surface area contributed by atoms with Crippen LogP contribution in [-0.2, 0) is 11.2 Å². The van der Waals surface area contributed by atoms with E-state index in [1.807, 2.05) is 18.2 Å². The maximum atomic E-state index is 4.84. The van der Waals surface area contributed by atoms with Gasteiger partial charge in [-0.2, -0.15) is 0 Å². The minimum absolute atomic E-state index is 0.999. The van der Waals surface area contributed by atoms with Crippen molar-refractivity contribution in [3.05, 3.63) is 54.3 Å².